The SMILES string of the molecule is CCOCCC1(CNC(=O)C2COc3ccccc32)CCCC1. The third kappa shape index (κ3) is 3.69. The standard InChI is InChI=1S/C19H27NO3/c1-2-22-12-11-19(9-5-6-10-19)14-20-18(21)16-13-23-17-8-4-3-7-15(16)17/h3-4,7-8,16H,2,5-6,9-14H2,1H3,(H,20,21). The number of hydrogen-bond donors (Lipinski definition) is 1. The van der Waals surface area contributed by atoms with Crippen LogP contribution >= 0.6 is 0 Å². The van der Waals surface area contributed by atoms with Crippen LogP contribution in [0.25, 0.3) is 0 Å². The number of para-hydroxylation sites is 1. The third-order valence-electron chi connectivity index (χ3n) is 5.30. The molecule has 1 amide bonds. The van der Waals surface area contributed by atoms with Crippen molar-refractivity contribution in [3.8, 4) is 5.75 Å². The Morgan fingerprint density at radius 2 is 2.13 bits per heavy atom. The van der Waals surface area contributed by atoms with Crippen LogP contribution in [0.3, 0.4) is 0 Å². The number of rotatable bonds is 7. The molecule has 1 aromatic carbocycles. The van der Waals surface area contributed by atoms with Crippen LogP contribution in [0.5, 0.6) is 5.75 Å². The number of carbonyl (C=O) groups is 1. The van der Waals surface area contributed by atoms with Gasteiger partial charge in [-0.1, -0.05) is 31.0 Å². The first-order chi connectivity index (χ1) is 11.2. The lowest BCUT2D eigenvalue weighted by Crippen LogP contribution is -2.39. The molecule has 1 atom stereocenters. The Morgan fingerprint density at radius 1 is 1.35 bits per heavy atom. The van der Waals surface area contributed by atoms with E-state index in [1.165, 1.54) is 25.7 Å². The van der Waals surface area contributed by atoms with Gasteiger partial charge in [0, 0.05) is 25.3 Å². The van der Waals surface area contributed by atoms with Crippen molar-refractivity contribution in [1.82, 2.24) is 5.32 Å². The smallest absolute Gasteiger partial charge is 0.231 e. The summed E-state index contributed by atoms with van der Waals surface area (Å²) < 4.78 is 11.2. The molecule has 1 saturated carbocycles. The van der Waals surface area contributed by atoms with E-state index < -0.39 is 0 Å². The summed E-state index contributed by atoms with van der Waals surface area (Å²) in [5.74, 6) is 0.772. The van der Waals surface area contributed by atoms with E-state index in [4.69, 9.17) is 9.47 Å². The Kier molecular flexibility index (Phi) is 5.21. The minimum atomic E-state index is -0.170. The molecule has 1 unspecified atom stereocenters. The van der Waals surface area contributed by atoms with Gasteiger partial charge in [0.25, 0.3) is 0 Å². The molecule has 1 fully saturated rings. The van der Waals surface area contributed by atoms with E-state index in [1.807, 2.05) is 31.2 Å². The lowest BCUT2D eigenvalue weighted by Gasteiger charge is -2.29. The van der Waals surface area contributed by atoms with Crippen LogP contribution in [-0.2, 0) is 9.53 Å². The third-order valence-corrected chi connectivity index (χ3v) is 5.30. The lowest BCUT2D eigenvalue weighted by molar-refractivity contribution is -0.123. The molecule has 4 nitrogen and oxygen atoms in total. The summed E-state index contributed by atoms with van der Waals surface area (Å²) in [5, 5.41) is 3.20. The summed E-state index contributed by atoms with van der Waals surface area (Å²) in [6.07, 6.45) is 5.95. The molecule has 0 saturated heterocycles. The van der Waals surface area contributed by atoms with Crippen LogP contribution in [0.1, 0.15) is 50.5 Å². The fraction of sp³-hybridized carbons (Fsp3) is 0.632. The summed E-state index contributed by atoms with van der Waals surface area (Å²) in [4.78, 5) is 12.6. The highest BCUT2D eigenvalue weighted by molar-refractivity contribution is 5.85. The Bertz CT molecular complexity index is 537. The maximum atomic E-state index is 12.6. The number of amides is 1. The summed E-state index contributed by atoms with van der Waals surface area (Å²) >= 11 is 0. The van der Waals surface area contributed by atoms with Gasteiger partial charge in [0.2, 0.25) is 5.91 Å². The monoisotopic (exact) mass is 317 g/mol. The molecule has 0 bridgehead atoms. The van der Waals surface area contributed by atoms with E-state index in [0.29, 0.717) is 6.61 Å². The highest BCUT2D eigenvalue weighted by atomic mass is 16.5. The first-order valence-corrected chi connectivity index (χ1v) is 8.81. The van der Waals surface area contributed by atoms with Crippen molar-refractivity contribution in [3.05, 3.63) is 29.8 Å². The van der Waals surface area contributed by atoms with Gasteiger partial charge in [-0.05, 0) is 37.7 Å². The first-order valence-electron chi connectivity index (χ1n) is 8.81. The Morgan fingerprint density at radius 3 is 2.91 bits per heavy atom. The zero-order chi connectivity index (χ0) is 16.1. The summed E-state index contributed by atoms with van der Waals surface area (Å²) in [7, 11) is 0. The normalized spacial score (nSPS) is 21.7. The number of benzene rings is 1. The van der Waals surface area contributed by atoms with Gasteiger partial charge in [-0.3, -0.25) is 4.79 Å². The van der Waals surface area contributed by atoms with E-state index in [1.54, 1.807) is 0 Å². The second kappa shape index (κ2) is 7.35. The number of hydrogen-bond acceptors (Lipinski definition) is 3. The van der Waals surface area contributed by atoms with Crippen molar-refractivity contribution in [2.45, 2.75) is 44.9 Å². The number of nitrogens with one attached hydrogen (secondary N) is 1. The molecule has 3 rings (SSSR count). The predicted molar refractivity (Wildman–Crippen MR) is 89.7 cm³/mol. The number of ether oxygens (including phenoxy) is 2. The largest absolute Gasteiger partial charge is 0.492 e. The quantitative estimate of drug-likeness (QED) is 0.785. The molecule has 1 N–H and O–H groups in total. The minimum Gasteiger partial charge on any atom is -0.492 e. The highest BCUT2D eigenvalue weighted by Gasteiger charge is 2.36. The van der Waals surface area contributed by atoms with Crippen molar-refractivity contribution in [2.24, 2.45) is 5.41 Å². The van der Waals surface area contributed by atoms with Crippen molar-refractivity contribution < 1.29 is 14.3 Å². The molecule has 1 heterocycles. The van der Waals surface area contributed by atoms with E-state index in [2.05, 4.69) is 5.32 Å². The summed E-state index contributed by atoms with van der Waals surface area (Å²) in [6.45, 7) is 4.80. The zero-order valence-corrected chi connectivity index (χ0v) is 14.0. The van der Waals surface area contributed by atoms with E-state index in [0.717, 1.165) is 37.5 Å². The van der Waals surface area contributed by atoms with Gasteiger partial charge < -0.3 is 14.8 Å². The molecule has 1 aliphatic heterocycles. The Hall–Kier alpha value is -1.55. The second-order valence-electron chi connectivity index (χ2n) is 6.77. The maximum Gasteiger partial charge on any atom is 0.231 e. The zero-order valence-electron chi connectivity index (χ0n) is 14.0. The van der Waals surface area contributed by atoms with Crippen molar-refractivity contribution in [2.75, 3.05) is 26.4 Å². The average Bonchev–Trinajstić information content (AvgIpc) is 3.20. The van der Waals surface area contributed by atoms with Crippen LogP contribution in [-0.4, -0.2) is 32.3 Å². The maximum absolute atomic E-state index is 12.6. The molecule has 2 aliphatic rings. The lowest BCUT2D eigenvalue weighted by atomic mass is 9.82. The Labute approximate surface area is 138 Å². The number of carbonyl (C=O) groups excluding carboxylic acids is 1. The molecule has 4 heteroatoms. The van der Waals surface area contributed by atoms with Gasteiger partial charge in [0.1, 0.15) is 18.3 Å². The fourth-order valence-corrected chi connectivity index (χ4v) is 3.85. The van der Waals surface area contributed by atoms with Crippen molar-refractivity contribution >= 4 is 5.91 Å². The highest BCUT2D eigenvalue weighted by Crippen LogP contribution is 2.41. The summed E-state index contributed by atoms with van der Waals surface area (Å²) in [6, 6.07) is 7.84. The van der Waals surface area contributed by atoms with Crippen molar-refractivity contribution in [3.63, 3.8) is 0 Å². The Balaban J connectivity index is 1.57. The molecule has 23 heavy (non-hydrogen) atoms. The molecule has 0 radical (unpaired) electrons. The van der Waals surface area contributed by atoms with E-state index in [-0.39, 0.29) is 17.2 Å². The van der Waals surface area contributed by atoms with Crippen LogP contribution in [0, 0.1) is 5.41 Å². The molecule has 0 aromatic heterocycles. The van der Waals surface area contributed by atoms with Crippen LogP contribution in [0.2, 0.25) is 0 Å². The number of fused-ring (bicyclic) bond motifs is 1. The summed E-state index contributed by atoms with van der Waals surface area (Å²) in [5.41, 5.74) is 1.24. The molecular formula is C19H27NO3. The van der Waals surface area contributed by atoms with Crippen LogP contribution in [0.4, 0.5) is 0 Å². The van der Waals surface area contributed by atoms with Gasteiger partial charge in [0.05, 0.1) is 0 Å². The van der Waals surface area contributed by atoms with Gasteiger partial charge in [0.15, 0.2) is 0 Å². The second-order valence-corrected chi connectivity index (χ2v) is 6.77. The van der Waals surface area contributed by atoms with Crippen LogP contribution < -0.4 is 10.1 Å². The van der Waals surface area contributed by atoms with Gasteiger partial charge in [-0.2, -0.15) is 0 Å². The van der Waals surface area contributed by atoms with Crippen LogP contribution in [0.15, 0.2) is 24.3 Å². The van der Waals surface area contributed by atoms with Crippen molar-refractivity contribution in [1.29, 1.82) is 0 Å². The predicted octanol–water partition coefficient (Wildman–Crippen LogP) is 3.27. The fourth-order valence-electron chi connectivity index (χ4n) is 3.85. The van der Waals surface area contributed by atoms with E-state index >= 15 is 0 Å². The average molecular weight is 317 g/mol. The molecule has 1 aromatic rings. The minimum absolute atomic E-state index is 0.0950. The molecule has 0 spiro atoms. The van der Waals surface area contributed by atoms with Gasteiger partial charge in [-0.25, -0.2) is 0 Å². The molecule has 1 aliphatic carbocycles. The van der Waals surface area contributed by atoms with Gasteiger partial charge >= 0.3 is 0 Å². The first kappa shape index (κ1) is 16.3. The molecular weight excluding hydrogens is 290 g/mol. The topological polar surface area (TPSA) is 47.6 Å². The van der Waals surface area contributed by atoms with Gasteiger partial charge in [-0.15, -0.1) is 0 Å². The van der Waals surface area contributed by atoms with E-state index in [9.17, 15) is 4.79 Å². The molecule has 126 valence electrons.